The zero-order valence-electron chi connectivity index (χ0n) is 19.5. The molecule has 1 aliphatic rings. The van der Waals surface area contributed by atoms with Gasteiger partial charge in [-0.2, -0.15) is 0 Å². The van der Waals surface area contributed by atoms with Crippen molar-refractivity contribution in [2.75, 3.05) is 13.7 Å². The summed E-state index contributed by atoms with van der Waals surface area (Å²) in [6.45, 7) is 8.83. The molecule has 0 spiro atoms. The Morgan fingerprint density at radius 2 is 1.75 bits per heavy atom. The maximum atomic E-state index is 13.0. The van der Waals surface area contributed by atoms with Gasteiger partial charge in [0, 0.05) is 18.0 Å². The third kappa shape index (κ3) is 6.21. The summed E-state index contributed by atoms with van der Waals surface area (Å²) in [5, 5.41) is 5.53. The molecule has 2 rings (SSSR count). The van der Waals surface area contributed by atoms with Gasteiger partial charge < -0.3 is 25.0 Å². The standard InChI is InChI=1S/C23H33N3O6/c1-7-14(2)20(28)26-13-16(24-19(27)15-11-9-8-10-12-15)17(18(26)21(29)31-6)25-22(30)32-23(3,4)5/h8-12,14,16-18H,7,13H2,1-6H3,(H,24,27)(H,25,30). The van der Waals surface area contributed by atoms with Gasteiger partial charge in [0.05, 0.1) is 19.2 Å². The molecular formula is C23H33N3O6. The number of carbonyl (C=O) groups is 4. The Morgan fingerprint density at radius 1 is 1.12 bits per heavy atom. The molecule has 0 saturated carbocycles. The number of methoxy groups -OCH3 is 1. The fraction of sp³-hybridized carbons (Fsp3) is 0.565. The van der Waals surface area contributed by atoms with Crippen molar-refractivity contribution in [1.29, 1.82) is 0 Å². The lowest BCUT2D eigenvalue weighted by molar-refractivity contribution is -0.152. The van der Waals surface area contributed by atoms with Crippen molar-refractivity contribution in [2.24, 2.45) is 5.92 Å². The number of hydrogen-bond donors (Lipinski definition) is 2. The van der Waals surface area contributed by atoms with Crippen LogP contribution in [0, 0.1) is 5.92 Å². The first-order valence-electron chi connectivity index (χ1n) is 10.7. The van der Waals surface area contributed by atoms with Crippen molar-refractivity contribution in [2.45, 2.75) is 64.8 Å². The highest BCUT2D eigenvalue weighted by atomic mass is 16.6. The number of ether oxygens (including phenoxy) is 2. The van der Waals surface area contributed by atoms with E-state index in [2.05, 4.69) is 10.6 Å². The van der Waals surface area contributed by atoms with E-state index >= 15 is 0 Å². The van der Waals surface area contributed by atoms with Crippen molar-refractivity contribution >= 4 is 23.9 Å². The lowest BCUT2D eigenvalue weighted by atomic mass is 10.0. The zero-order chi connectivity index (χ0) is 24.1. The minimum atomic E-state index is -1.10. The van der Waals surface area contributed by atoms with Crippen molar-refractivity contribution in [3.63, 3.8) is 0 Å². The second-order valence-corrected chi connectivity index (χ2v) is 8.89. The summed E-state index contributed by atoms with van der Waals surface area (Å²) in [4.78, 5) is 52.4. The minimum absolute atomic E-state index is 0.0436. The van der Waals surface area contributed by atoms with E-state index in [-0.39, 0.29) is 24.3 Å². The van der Waals surface area contributed by atoms with Gasteiger partial charge in [-0.1, -0.05) is 32.0 Å². The first kappa shape index (κ1) is 25.2. The summed E-state index contributed by atoms with van der Waals surface area (Å²) in [5.74, 6) is -1.66. The normalized spacial score (nSPS) is 21.4. The molecule has 0 aliphatic carbocycles. The fourth-order valence-electron chi connectivity index (χ4n) is 3.53. The van der Waals surface area contributed by atoms with Gasteiger partial charge >= 0.3 is 12.1 Å². The van der Waals surface area contributed by atoms with Gasteiger partial charge in [0.2, 0.25) is 5.91 Å². The molecular weight excluding hydrogens is 414 g/mol. The van der Waals surface area contributed by atoms with Gasteiger partial charge in [0.25, 0.3) is 5.91 Å². The monoisotopic (exact) mass is 447 g/mol. The summed E-state index contributed by atoms with van der Waals surface area (Å²) in [7, 11) is 1.22. The SMILES string of the molecule is CCC(C)C(=O)N1CC(NC(=O)c2ccccc2)C(NC(=O)OC(C)(C)C)C1C(=O)OC. The number of likely N-dealkylation sites (tertiary alicyclic amines) is 1. The Bertz CT molecular complexity index is 836. The predicted octanol–water partition coefficient (Wildman–Crippen LogP) is 2.11. The number of hydrogen-bond acceptors (Lipinski definition) is 6. The van der Waals surface area contributed by atoms with Crippen LogP contribution in [-0.4, -0.2) is 66.2 Å². The average Bonchev–Trinajstić information content (AvgIpc) is 3.08. The summed E-state index contributed by atoms with van der Waals surface area (Å²) in [6.07, 6.45) is -0.178. The van der Waals surface area contributed by atoms with Crippen LogP contribution in [0.15, 0.2) is 30.3 Å². The van der Waals surface area contributed by atoms with Crippen molar-refractivity contribution in [3.8, 4) is 0 Å². The van der Waals surface area contributed by atoms with Gasteiger partial charge in [-0.25, -0.2) is 9.59 Å². The van der Waals surface area contributed by atoms with E-state index < -0.39 is 35.8 Å². The summed E-state index contributed by atoms with van der Waals surface area (Å²) < 4.78 is 10.3. The molecule has 9 heteroatoms. The molecule has 0 radical (unpaired) electrons. The lowest BCUT2D eigenvalue weighted by Crippen LogP contribution is -2.57. The van der Waals surface area contributed by atoms with E-state index in [0.29, 0.717) is 12.0 Å². The third-order valence-corrected chi connectivity index (χ3v) is 5.30. The van der Waals surface area contributed by atoms with Crippen LogP contribution in [0.4, 0.5) is 4.79 Å². The number of nitrogens with zero attached hydrogens (tertiary/aromatic N) is 1. The molecule has 1 aromatic rings. The summed E-state index contributed by atoms with van der Waals surface area (Å²) in [5.41, 5.74) is -0.344. The highest BCUT2D eigenvalue weighted by Gasteiger charge is 2.50. The summed E-state index contributed by atoms with van der Waals surface area (Å²) >= 11 is 0. The Balaban J connectivity index is 2.37. The maximum absolute atomic E-state index is 13.0. The topological polar surface area (TPSA) is 114 Å². The van der Waals surface area contributed by atoms with Gasteiger partial charge in [-0.05, 0) is 39.3 Å². The van der Waals surface area contributed by atoms with E-state index in [1.165, 1.54) is 12.0 Å². The molecule has 1 aromatic carbocycles. The van der Waals surface area contributed by atoms with Crippen molar-refractivity contribution in [3.05, 3.63) is 35.9 Å². The number of carbonyl (C=O) groups excluding carboxylic acids is 4. The molecule has 32 heavy (non-hydrogen) atoms. The molecule has 1 aliphatic heterocycles. The van der Waals surface area contributed by atoms with Crippen LogP contribution >= 0.6 is 0 Å². The number of benzene rings is 1. The Hall–Kier alpha value is -3.10. The molecule has 1 saturated heterocycles. The fourth-order valence-corrected chi connectivity index (χ4v) is 3.53. The molecule has 176 valence electrons. The Labute approximate surface area is 188 Å². The Morgan fingerprint density at radius 3 is 2.28 bits per heavy atom. The molecule has 1 heterocycles. The number of nitrogens with one attached hydrogen (secondary N) is 2. The molecule has 3 amide bonds. The van der Waals surface area contributed by atoms with Crippen LogP contribution in [0.25, 0.3) is 0 Å². The molecule has 4 unspecified atom stereocenters. The number of amides is 3. The van der Waals surface area contributed by atoms with E-state index in [4.69, 9.17) is 9.47 Å². The number of alkyl carbamates (subject to hydrolysis) is 1. The quantitative estimate of drug-likeness (QED) is 0.646. The largest absolute Gasteiger partial charge is 0.467 e. The van der Waals surface area contributed by atoms with Crippen LogP contribution in [0.5, 0.6) is 0 Å². The van der Waals surface area contributed by atoms with Gasteiger partial charge in [0.1, 0.15) is 5.60 Å². The van der Waals surface area contributed by atoms with E-state index in [9.17, 15) is 19.2 Å². The van der Waals surface area contributed by atoms with Crippen LogP contribution in [0.1, 0.15) is 51.4 Å². The van der Waals surface area contributed by atoms with Crippen LogP contribution < -0.4 is 10.6 Å². The predicted molar refractivity (Wildman–Crippen MR) is 118 cm³/mol. The average molecular weight is 448 g/mol. The van der Waals surface area contributed by atoms with Crippen LogP contribution in [-0.2, 0) is 19.1 Å². The van der Waals surface area contributed by atoms with Crippen LogP contribution in [0.2, 0.25) is 0 Å². The zero-order valence-corrected chi connectivity index (χ0v) is 19.5. The molecule has 0 bridgehead atoms. The third-order valence-electron chi connectivity index (χ3n) is 5.30. The molecule has 9 nitrogen and oxygen atoms in total. The van der Waals surface area contributed by atoms with E-state index in [1.807, 2.05) is 6.92 Å². The van der Waals surface area contributed by atoms with E-state index in [1.54, 1.807) is 58.0 Å². The van der Waals surface area contributed by atoms with Gasteiger partial charge in [-0.3, -0.25) is 9.59 Å². The highest BCUT2D eigenvalue weighted by Crippen LogP contribution is 2.24. The first-order valence-corrected chi connectivity index (χ1v) is 10.7. The lowest BCUT2D eigenvalue weighted by Gasteiger charge is -2.29. The van der Waals surface area contributed by atoms with Crippen molar-refractivity contribution in [1.82, 2.24) is 15.5 Å². The van der Waals surface area contributed by atoms with E-state index in [0.717, 1.165) is 0 Å². The molecule has 1 fully saturated rings. The first-order chi connectivity index (χ1) is 15.0. The summed E-state index contributed by atoms with van der Waals surface area (Å²) in [6, 6.07) is 5.80. The maximum Gasteiger partial charge on any atom is 0.408 e. The van der Waals surface area contributed by atoms with Crippen LogP contribution in [0.3, 0.4) is 0 Å². The second-order valence-electron chi connectivity index (χ2n) is 8.89. The smallest absolute Gasteiger partial charge is 0.408 e. The Kier molecular flexibility index (Phi) is 8.24. The second kappa shape index (κ2) is 10.5. The van der Waals surface area contributed by atoms with Gasteiger partial charge in [-0.15, -0.1) is 0 Å². The van der Waals surface area contributed by atoms with Gasteiger partial charge in [0.15, 0.2) is 6.04 Å². The highest BCUT2D eigenvalue weighted by molar-refractivity contribution is 5.95. The number of rotatable bonds is 6. The minimum Gasteiger partial charge on any atom is -0.467 e. The molecule has 2 N–H and O–H groups in total. The van der Waals surface area contributed by atoms with Crippen molar-refractivity contribution < 1.29 is 28.7 Å². The molecule has 0 aromatic heterocycles. The number of esters is 1. The molecule has 4 atom stereocenters.